The molecule has 1 aliphatic carbocycles. The molecule has 2 aliphatic heterocycles. The van der Waals surface area contributed by atoms with E-state index in [1.165, 1.54) is 18.2 Å². The normalized spacial score (nSPS) is 24.4. The van der Waals surface area contributed by atoms with Gasteiger partial charge in [0.2, 0.25) is 5.91 Å². The Labute approximate surface area is 191 Å². The Kier molecular flexibility index (Phi) is 6.82. The largest absolute Gasteiger partial charge is 0.466 e. The lowest BCUT2D eigenvalue weighted by Crippen LogP contribution is -2.49. The molecule has 172 valence electrons. The highest BCUT2D eigenvalue weighted by molar-refractivity contribution is 5.95. The standard InChI is InChI=1S/C26H35N3O3/c1-18(2)29-17-23(26(31)32-4)22-10-9-21(24(22)25(29)30)16-28-13-11-27(12-14-28)15-20-7-5-19(3)6-8-20/h5-9,17-18,22,24H,10-16H2,1-4H3/t22-,24-/m1/s1. The van der Waals surface area contributed by atoms with Gasteiger partial charge in [0.05, 0.1) is 18.6 Å². The first-order valence-electron chi connectivity index (χ1n) is 11.7. The number of carbonyl (C=O) groups excluding carboxylic acids is 2. The zero-order valence-corrected chi connectivity index (χ0v) is 19.7. The van der Waals surface area contributed by atoms with Gasteiger partial charge in [0.25, 0.3) is 0 Å². The maximum absolute atomic E-state index is 13.3. The predicted molar refractivity (Wildman–Crippen MR) is 125 cm³/mol. The first-order chi connectivity index (χ1) is 15.4. The van der Waals surface area contributed by atoms with E-state index in [9.17, 15) is 9.59 Å². The molecule has 0 unspecified atom stereocenters. The van der Waals surface area contributed by atoms with Crippen LogP contribution in [0, 0.1) is 18.8 Å². The summed E-state index contributed by atoms with van der Waals surface area (Å²) < 4.78 is 5.03. The van der Waals surface area contributed by atoms with E-state index in [4.69, 9.17) is 4.74 Å². The van der Waals surface area contributed by atoms with Gasteiger partial charge in [0.1, 0.15) is 0 Å². The van der Waals surface area contributed by atoms with Crippen LogP contribution >= 0.6 is 0 Å². The minimum Gasteiger partial charge on any atom is -0.466 e. The maximum atomic E-state index is 13.3. The average molecular weight is 438 g/mol. The van der Waals surface area contributed by atoms with Gasteiger partial charge in [-0.05, 0) is 38.3 Å². The summed E-state index contributed by atoms with van der Waals surface area (Å²) >= 11 is 0. The van der Waals surface area contributed by atoms with Gasteiger partial charge in [-0.2, -0.15) is 0 Å². The minimum absolute atomic E-state index is 0.00951. The minimum atomic E-state index is -0.322. The van der Waals surface area contributed by atoms with E-state index in [1.54, 1.807) is 11.1 Å². The Morgan fingerprint density at radius 3 is 2.28 bits per heavy atom. The Balaban J connectivity index is 1.38. The fourth-order valence-electron chi connectivity index (χ4n) is 5.11. The van der Waals surface area contributed by atoms with Gasteiger partial charge in [-0.25, -0.2) is 4.79 Å². The molecule has 0 radical (unpaired) electrons. The molecule has 0 saturated carbocycles. The van der Waals surface area contributed by atoms with Crippen molar-refractivity contribution in [1.82, 2.24) is 14.7 Å². The van der Waals surface area contributed by atoms with Gasteiger partial charge >= 0.3 is 5.97 Å². The third-order valence-electron chi connectivity index (χ3n) is 7.01. The van der Waals surface area contributed by atoms with Crippen LogP contribution in [0.3, 0.4) is 0 Å². The molecule has 1 aromatic carbocycles. The van der Waals surface area contributed by atoms with Crippen molar-refractivity contribution in [1.29, 1.82) is 0 Å². The number of fused-ring (bicyclic) bond motifs is 1. The number of hydrogen-bond donors (Lipinski definition) is 0. The molecule has 0 aromatic heterocycles. The van der Waals surface area contributed by atoms with Gasteiger partial charge in [-0.15, -0.1) is 0 Å². The van der Waals surface area contributed by atoms with Crippen LogP contribution in [0.2, 0.25) is 0 Å². The first kappa shape index (κ1) is 22.7. The number of benzene rings is 1. The molecular formula is C26H35N3O3. The van der Waals surface area contributed by atoms with Crippen molar-refractivity contribution in [3.8, 4) is 0 Å². The van der Waals surface area contributed by atoms with Crippen LogP contribution in [0.15, 0.2) is 47.7 Å². The van der Waals surface area contributed by atoms with E-state index in [0.29, 0.717) is 5.57 Å². The lowest BCUT2D eigenvalue weighted by molar-refractivity contribution is -0.139. The van der Waals surface area contributed by atoms with Crippen LogP contribution in [-0.2, 0) is 20.9 Å². The summed E-state index contributed by atoms with van der Waals surface area (Å²) in [4.78, 5) is 32.4. The number of ether oxygens (including phenoxy) is 1. The number of hydrogen-bond acceptors (Lipinski definition) is 5. The molecule has 4 rings (SSSR count). The molecule has 2 atom stereocenters. The summed E-state index contributed by atoms with van der Waals surface area (Å²) in [5.41, 5.74) is 4.43. The topological polar surface area (TPSA) is 53.1 Å². The fraction of sp³-hybridized carbons (Fsp3) is 0.538. The molecule has 0 spiro atoms. The lowest BCUT2D eigenvalue weighted by atomic mass is 9.81. The monoisotopic (exact) mass is 437 g/mol. The average Bonchev–Trinajstić information content (AvgIpc) is 3.20. The van der Waals surface area contributed by atoms with E-state index < -0.39 is 0 Å². The molecule has 1 saturated heterocycles. The van der Waals surface area contributed by atoms with Crippen LogP contribution in [0.4, 0.5) is 0 Å². The third-order valence-corrected chi connectivity index (χ3v) is 7.01. The summed E-state index contributed by atoms with van der Waals surface area (Å²) in [6, 6.07) is 8.79. The number of amides is 1. The molecule has 32 heavy (non-hydrogen) atoms. The number of methoxy groups -OCH3 is 1. The van der Waals surface area contributed by atoms with Gasteiger partial charge in [-0.3, -0.25) is 14.6 Å². The Morgan fingerprint density at radius 2 is 1.69 bits per heavy atom. The van der Waals surface area contributed by atoms with E-state index >= 15 is 0 Å². The van der Waals surface area contributed by atoms with Crippen LogP contribution in [-0.4, -0.2) is 72.5 Å². The van der Waals surface area contributed by atoms with Crippen molar-refractivity contribution < 1.29 is 14.3 Å². The van der Waals surface area contributed by atoms with Gasteiger partial charge in [0.15, 0.2) is 0 Å². The second-order valence-corrected chi connectivity index (χ2v) is 9.55. The van der Waals surface area contributed by atoms with Crippen molar-refractivity contribution >= 4 is 11.9 Å². The highest BCUT2D eigenvalue weighted by atomic mass is 16.5. The van der Waals surface area contributed by atoms with Crippen LogP contribution in [0.1, 0.15) is 31.4 Å². The maximum Gasteiger partial charge on any atom is 0.335 e. The second kappa shape index (κ2) is 9.59. The molecule has 1 amide bonds. The number of piperazine rings is 1. The van der Waals surface area contributed by atoms with E-state index in [2.05, 4.69) is 47.1 Å². The zero-order valence-electron chi connectivity index (χ0n) is 19.7. The smallest absolute Gasteiger partial charge is 0.335 e. The van der Waals surface area contributed by atoms with E-state index in [1.807, 2.05) is 13.8 Å². The number of rotatable bonds is 6. The van der Waals surface area contributed by atoms with Gasteiger partial charge < -0.3 is 9.64 Å². The number of aryl methyl sites for hydroxylation is 1. The summed E-state index contributed by atoms with van der Waals surface area (Å²) in [5.74, 6) is -0.554. The number of esters is 1. The van der Waals surface area contributed by atoms with E-state index in [0.717, 1.165) is 51.3 Å². The third kappa shape index (κ3) is 4.66. The van der Waals surface area contributed by atoms with Crippen molar-refractivity contribution in [2.75, 3.05) is 39.8 Å². The zero-order chi connectivity index (χ0) is 22.8. The lowest BCUT2D eigenvalue weighted by Gasteiger charge is -2.38. The van der Waals surface area contributed by atoms with Crippen molar-refractivity contribution in [3.05, 3.63) is 58.8 Å². The predicted octanol–water partition coefficient (Wildman–Crippen LogP) is 2.98. The summed E-state index contributed by atoms with van der Waals surface area (Å²) in [7, 11) is 1.41. The molecule has 2 heterocycles. The quantitative estimate of drug-likeness (QED) is 0.506. The number of carbonyl (C=O) groups is 2. The van der Waals surface area contributed by atoms with Crippen molar-refractivity contribution in [2.24, 2.45) is 11.8 Å². The molecule has 6 nitrogen and oxygen atoms in total. The first-order valence-corrected chi connectivity index (χ1v) is 11.7. The number of allylic oxidation sites excluding steroid dienone is 1. The summed E-state index contributed by atoms with van der Waals surface area (Å²) in [5, 5.41) is 0. The molecule has 0 bridgehead atoms. The van der Waals surface area contributed by atoms with Gasteiger partial charge in [0, 0.05) is 57.4 Å². The number of nitrogens with zero attached hydrogens (tertiary/aromatic N) is 3. The second-order valence-electron chi connectivity index (χ2n) is 9.55. The molecular weight excluding hydrogens is 402 g/mol. The molecule has 3 aliphatic rings. The van der Waals surface area contributed by atoms with Crippen LogP contribution in [0.5, 0.6) is 0 Å². The SMILES string of the molecule is COC(=O)C1=CN(C(C)C)C(=O)[C@@H]2C(CN3CCN(Cc4ccc(C)cc4)CC3)=CC[C@H]12. The Bertz CT molecular complexity index is 911. The Hall–Kier alpha value is -2.44. The van der Waals surface area contributed by atoms with Crippen molar-refractivity contribution in [3.63, 3.8) is 0 Å². The molecule has 1 aromatic rings. The van der Waals surface area contributed by atoms with Crippen molar-refractivity contribution in [2.45, 2.75) is 39.8 Å². The molecule has 6 heteroatoms. The molecule has 0 N–H and O–H groups in total. The summed E-state index contributed by atoms with van der Waals surface area (Å²) in [6.07, 6.45) is 4.64. The highest BCUT2D eigenvalue weighted by Gasteiger charge is 2.45. The van der Waals surface area contributed by atoms with E-state index in [-0.39, 0.29) is 29.8 Å². The summed E-state index contributed by atoms with van der Waals surface area (Å²) in [6.45, 7) is 11.9. The van der Waals surface area contributed by atoms with Crippen LogP contribution in [0.25, 0.3) is 0 Å². The molecule has 1 fully saturated rings. The Morgan fingerprint density at radius 1 is 1.06 bits per heavy atom. The fourth-order valence-corrected chi connectivity index (χ4v) is 5.11. The van der Waals surface area contributed by atoms with Crippen LogP contribution < -0.4 is 0 Å². The highest BCUT2D eigenvalue weighted by Crippen LogP contribution is 2.42. The van der Waals surface area contributed by atoms with Gasteiger partial charge in [-0.1, -0.05) is 35.9 Å².